The number of pyridine rings is 1. The number of allylic oxidation sites excluding steroid dienone is 2. The Bertz CT molecular complexity index is 875. The van der Waals surface area contributed by atoms with E-state index in [1.165, 1.54) is 11.1 Å². The van der Waals surface area contributed by atoms with Crippen LogP contribution in [0.15, 0.2) is 35.9 Å². The zero-order valence-electron chi connectivity index (χ0n) is 18.8. The molecule has 3 aliphatic heterocycles. The number of nitrogens with two attached hydrogens (primary N) is 1. The molecule has 4 heterocycles. The molecule has 2 unspecified atom stereocenters. The number of nitrogens with zero attached hydrogens (tertiary/aromatic N) is 4. The van der Waals surface area contributed by atoms with E-state index in [4.69, 9.17) is 4.98 Å². The van der Waals surface area contributed by atoms with Crippen molar-refractivity contribution in [1.82, 2.24) is 20.2 Å². The Labute approximate surface area is 184 Å². The van der Waals surface area contributed by atoms with Crippen molar-refractivity contribution in [3.05, 3.63) is 47.1 Å². The van der Waals surface area contributed by atoms with E-state index in [9.17, 15) is 9.90 Å². The lowest BCUT2D eigenvalue weighted by molar-refractivity contribution is -0.673. The van der Waals surface area contributed by atoms with Crippen LogP contribution in [0.4, 0.5) is 5.82 Å². The highest BCUT2D eigenvalue weighted by molar-refractivity contribution is 5.93. The minimum atomic E-state index is -0.431. The summed E-state index contributed by atoms with van der Waals surface area (Å²) in [5.74, 6) is 2.49. The number of hydrogen-bond acceptors (Lipinski definition) is 6. The lowest BCUT2D eigenvalue weighted by Crippen LogP contribution is -2.94. The molecule has 2 saturated heterocycles. The largest absolute Gasteiger partial charge is 0.373 e. The van der Waals surface area contributed by atoms with Crippen LogP contribution in [0, 0.1) is 6.92 Å². The van der Waals surface area contributed by atoms with Crippen molar-refractivity contribution >= 4 is 11.7 Å². The number of aryl methyl sites for hydroxylation is 1. The maximum atomic E-state index is 13.0. The number of hydrogen-bond donors (Lipinski definition) is 3. The van der Waals surface area contributed by atoms with E-state index >= 15 is 0 Å². The van der Waals surface area contributed by atoms with Gasteiger partial charge in [0.15, 0.2) is 5.70 Å². The van der Waals surface area contributed by atoms with Crippen LogP contribution in [0.25, 0.3) is 0 Å². The van der Waals surface area contributed by atoms with E-state index in [0.29, 0.717) is 24.7 Å². The average molecular weight is 428 g/mol. The molecule has 4 N–H and O–H groups in total. The van der Waals surface area contributed by atoms with Gasteiger partial charge in [0, 0.05) is 45.0 Å². The van der Waals surface area contributed by atoms with Crippen molar-refractivity contribution in [2.24, 2.45) is 0 Å². The van der Waals surface area contributed by atoms with Crippen LogP contribution in [0.3, 0.4) is 0 Å². The molecule has 2 atom stereocenters. The first-order valence-corrected chi connectivity index (χ1v) is 11.4. The SMILES string of the molecule is CCC(C)c1cnc(N2CCN(C(=O)C3=CC=C(N4CCCC4O)[NH2+]N3)CC2)c(C)c1. The lowest BCUT2D eigenvalue weighted by atomic mass is 9.99. The lowest BCUT2D eigenvalue weighted by Gasteiger charge is -2.36. The number of aromatic nitrogens is 1. The number of rotatable bonds is 5. The van der Waals surface area contributed by atoms with Crippen molar-refractivity contribution in [3.8, 4) is 0 Å². The molecular weight excluding hydrogens is 392 g/mol. The number of nitrogens with one attached hydrogen (secondary N) is 1. The molecule has 8 nitrogen and oxygen atoms in total. The average Bonchev–Trinajstić information content (AvgIpc) is 3.24. The van der Waals surface area contributed by atoms with Gasteiger partial charge in [-0.1, -0.05) is 19.9 Å². The minimum Gasteiger partial charge on any atom is -0.373 e. The van der Waals surface area contributed by atoms with E-state index in [0.717, 1.165) is 50.5 Å². The molecule has 168 valence electrons. The third kappa shape index (κ3) is 4.55. The maximum absolute atomic E-state index is 13.0. The summed E-state index contributed by atoms with van der Waals surface area (Å²) in [5, 5.41) is 10.0. The van der Waals surface area contributed by atoms with E-state index in [1.807, 2.05) is 33.6 Å². The summed E-state index contributed by atoms with van der Waals surface area (Å²) in [7, 11) is 0. The van der Waals surface area contributed by atoms with Crippen LogP contribution in [0.5, 0.6) is 0 Å². The van der Waals surface area contributed by atoms with Gasteiger partial charge in [-0.15, -0.1) is 0 Å². The van der Waals surface area contributed by atoms with Crippen LogP contribution >= 0.6 is 0 Å². The van der Waals surface area contributed by atoms with Gasteiger partial charge in [0.05, 0.1) is 0 Å². The molecule has 0 radical (unpaired) electrons. The number of carbonyl (C=O) groups is 1. The Morgan fingerprint density at radius 1 is 1.29 bits per heavy atom. The van der Waals surface area contributed by atoms with Crippen LogP contribution in [-0.4, -0.2) is 64.7 Å². The number of carbonyl (C=O) groups excluding carboxylic acids is 1. The third-order valence-corrected chi connectivity index (χ3v) is 6.70. The highest BCUT2D eigenvalue weighted by Gasteiger charge is 2.30. The highest BCUT2D eigenvalue weighted by Crippen LogP contribution is 2.25. The standard InChI is InChI=1S/C23H34N6O2/c1-4-16(2)18-14-17(3)22(24-15-18)27-10-12-28(13-11-27)23(31)19-7-8-20(26-25-19)29-9-5-6-21(29)30/h7-8,14-16,21,25-26,30H,4-6,9-13H2,1-3H3/p+1. The number of quaternary nitrogens is 1. The summed E-state index contributed by atoms with van der Waals surface area (Å²) in [4.78, 5) is 23.8. The molecule has 4 rings (SSSR count). The Kier molecular flexibility index (Phi) is 6.48. The van der Waals surface area contributed by atoms with Gasteiger partial charge in [-0.2, -0.15) is 5.43 Å². The normalized spacial score (nSPS) is 22.7. The molecular formula is C23H35N6O2+. The van der Waals surface area contributed by atoms with E-state index in [1.54, 1.807) is 0 Å². The summed E-state index contributed by atoms with van der Waals surface area (Å²) >= 11 is 0. The Morgan fingerprint density at radius 2 is 2.06 bits per heavy atom. The summed E-state index contributed by atoms with van der Waals surface area (Å²) in [6.07, 6.45) is 8.20. The van der Waals surface area contributed by atoms with Crippen molar-refractivity contribution < 1.29 is 15.3 Å². The molecule has 0 aliphatic carbocycles. The molecule has 1 aromatic rings. The van der Waals surface area contributed by atoms with Crippen molar-refractivity contribution in [3.63, 3.8) is 0 Å². The zero-order chi connectivity index (χ0) is 22.0. The summed E-state index contributed by atoms with van der Waals surface area (Å²) in [5.41, 5.74) is 8.03. The number of piperazine rings is 1. The molecule has 0 bridgehead atoms. The minimum absolute atomic E-state index is 0.0185. The van der Waals surface area contributed by atoms with Gasteiger partial charge >= 0.3 is 0 Å². The molecule has 8 heteroatoms. The fraction of sp³-hybridized carbons (Fsp3) is 0.565. The Balaban J connectivity index is 1.35. The van der Waals surface area contributed by atoms with Gasteiger partial charge in [-0.05, 0) is 49.3 Å². The van der Waals surface area contributed by atoms with E-state index < -0.39 is 6.23 Å². The van der Waals surface area contributed by atoms with Crippen molar-refractivity contribution in [2.75, 3.05) is 37.6 Å². The molecule has 0 saturated carbocycles. The third-order valence-electron chi connectivity index (χ3n) is 6.70. The fourth-order valence-electron chi connectivity index (χ4n) is 4.50. The van der Waals surface area contributed by atoms with E-state index in [-0.39, 0.29) is 5.91 Å². The summed E-state index contributed by atoms with van der Waals surface area (Å²) < 4.78 is 0. The van der Waals surface area contributed by atoms with Gasteiger partial charge in [-0.3, -0.25) is 4.79 Å². The Morgan fingerprint density at radius 3 is 2.65 bits per heavy atom. The second kappa shape index (κ2) is 9.28. The molecule has 0 spiro atoms. The van der Waals surface area contributed by atoms with Crippen LogP contribution in [0.1, 0.15) is 50.2 Å². The van der Waals surface area contributed by atoms with Crippen LogP contribution in [0.2, 0.25) is 0 Å². The fourth-order valence-corrected chi connectivity index (χ4v) is 4.50. The number of likely N-dealkylation sites (tertiary alicyclic amines) is 1. The monoisotopic (exact) mass is 427 g/mol. The number of aliphatic hydroxyl groups excluding tert-OH is 1. The molecule has 1 amide bonds. The van der Waals surface area contributed by atoms with Gasteiger partial charge in [-0.25, -0.2) is 10.4 Å². The van der Waals surface area contributed by atoms with E-state index in [2.05, 4.69) is 37.2 Å². The van der Waals surface area contributed by atoms with Gasteiger partial charge in [0.1, 0.15) is 12.0 Å². The van der Waals surface area contributed by atoms with Crippen molar-refractivity contribution in [2.45, 2.75) is 52.2 Å². The van der Waals surface area contributed by atoms with Gasteiger partial charge in [0.25, 0.3) is 5.91 Å². The Hall–Kier alpha value is -2.58. The number of aliphatic hydroxyl groups is 1. The molecule has 0 aromatic carbocycles. The first kappa shape index (κ1) is 21.6. The van der Waals surface area contributed by atoms with Crippen LogP contribution < -0.4 is 15.8 Å². The number of anilines is 1. The molecule has 2 fully saturated rings. The van der Waals surface area contributed by atoms with Crippen molar-refractivity contribution in [1.29, 1.82) is 0 Å². The second-order valence-electron chi connectivity index (χ2n) is 8.77. The molecule has 31 heavy (non-hydrogen) atoms. The summed E-state index contributed by atoms with van der Waals surface area (Å²) in [6.45, 7) is 10.3. The topological polar surface area (TPSA) is 88.6 Å². The number of amides is 1. The van der Waals surface area contributed by atoms with Crippen LogP contribution in [-0.2, 0) is 4.79 Å². The summed E-state index contributed by atoms with van der Waals surface area (Å²) in [6, 6.07) is 2.25. The molecule has 3 aliphatic rings. The zero-order valence-corrected chi connectivity index (χ0v) is 18.8. The highest BCUT2D eigenvalue weighted by atomic mass is 16.3. The van der Waals surface area contributed by atoms with Gasteiger partial charge in [0.2, 0.25) is 5.82 Å². The second-order valence-corrected chi connectivity index (χ2v) is 8.77. The predicted octanol–water partition coefficient (Wildman–Crippen LogP) is 0.773. The smallest absolute Gasteiger partial charge is 0.275 e. The predicted molar refractivity (Wildman–Crippen MR) is 120 cm³/mol. The first-order valence-electron chi connectivity index (χ1n) is 11.4. The molecule has 1 aromatic heterocycles. The quantitative estimate of drug-likeness (QED) is 0.602. The van der Waals surface area contributed by atoms with Gasteiger partial charge < -0.3 is 19.8 Å². The maximum Gasteiger partial charge on any atom is 0.275 e. The first-order chi connectivity index (χ1) is 15.0.